The van der Waals surface area contributed by atoms with Gasteiger partial charge in [-0.15, -0.1) is 12.4 Å². The van der Waals surface area contributed by atoms with Gasteiger partial charge in [0.25, 0.3) is 5.91 Å². The van der Waals surface area contributed by atoms with Gasteiger partial charge in [-0.2, -0.15) is 0 Å². The molecule has 112 valence electrons. The Bertz CT molecular complexity index is 470. The van der Waals surface area contributed by atoms with Gasteiger partial charge >= 0.3 is 0 Å². The Labute approximate surface area is 127 Å². The van der Waals surface area contributed by atoms with E-state index in [1.807, 2.05) is 12.1 Å². The monoisotopic (exact) mass is 296 g/mol. The summed E-state index contributed by atoms with van der Waals surface area (Å²) in [6.07, 6.45) is 3.97. The van der Waals surface area contributed by atoms with E-state index < -0.39 is 0 Å². The van der Waals surface area contributed by atoms with Crippen LogP contribution in [0.2, 0.25) is 0 Å². The SMILES string of the molecule is CCC(C)(CC)NC(=O)c1cccc2c1CCCN2.Cl. The highest BCUT2D eigenvalue weighted by Gasteiger charge is 2.25. The summed E-state index contributed by atoms with van der Waals surface area (Å²) in [5.41, 5.74) is 3.01. The van der Waals surface area contributed by atoms with Crippen molar-refractivity contribution in [2.45, 2.75) is 52.0 Å². The highest BCUT2D eigenvalue weighted by atomic mass is 35.5. The maximum Gasteiger partial charge on any atom is 0.252 e. The van der Waals surface area contributed by atoms with E-state index in [0.29, 0.717) is 0 Å². The Morgan fingerprint density at radius 3 is 2.70 bits per heavy atom. The Hall–Kier alpha value is -1.22. The summed E-state index contributed by atoms with van der Waals surface area (Å²) in [7, 11) is 0. The number of carbonyl (C=O) groups is 1. The van der Waals surface area contributed by atoms with Crippen LogP contribution < -0.4 is 10.6 Å². The number of hydrogen-bond acceptors (Lipinski definition) is 2. The van der Waals surface area contributed by atoms with Gasteiger partial charge in [-0.25, -0.2) is 0 Å². The quantitative estimate of drug-likeness (QED) is 0.888. The van der Waals surface area contributed by atoms with Crippen LogP contribution in [0.15, 0.2) is 18.2 Å². The fraction of sp³-hybridized carbons (Fsp3) is 0.562. The molecule has 1 aliphatic rings. The molecule has 0 bridgehead atoms. The lowest BCUT2D eigenvalue weighted by Crippen LogP contribution is -2.45. The van der Waals surface area contributed by atoms with Crippen LogP contribution in [0.4, 0.5) is 5.69 Å². The van der Waals surface area contributed by atoms with E-state index in [2.05, 4.69) is 37.5 Å². The van der Waals surface area contributed by atoms with Gasteiger partial charge in [0.15, 0.2) is 0 Å². The van der Waals surface area contributed by atoms with Gasteiger partial charge in [0.1, 0.15) is 0 Å². The number of halogens is 1. The van der Waals surface area contributed by atoms with E-state index in [4.69, 9.17) is 0 Å². The molecule has 1 aliphatic heterocycles. The first-order valence-corrected chi connectivity index (χ1v) is 7.28. The number of benzene rings is 1. The molecule has 0 atom stereocenters. The number of carbonyl (C=O) groups excluding carboxylic acids is 1. The summed E-state index contributed by atoms with van der Waals surface area (Å²) >= 11 is 0. The maximum absolute atomic E-state index is 12.5. The van der Waals surface area contributed by atoms with E-state index in [1.165, 1.54) is 5.56 Å². The minimum atomic E-state index is -0.109. The van der Waals surface area contributed by atoms with Gasteiger partial charge in [-0.1, -0.05) is 19.9 Å². The van der Waals surface area contributed by atoms with Crippen molar-refractivity contribution >= 4 is 24.0 Å². The van der Waals surface area contributed by atoms with Crippen LogP contribution in [0.25, 0.3) is 0 Å². The molecular formula is C16H25ClN2O. The first-order chi connectivity index (χ1) is 9.09. The standard InChI is InChI=1S/C16H24N2O.ClH/c1-4-16(3,5-2)18-15(19)13-8-6-10-14-12(13)9-7-11-17-14;/h6,8,10,17H,4-5,7,9,11H2,1-3H3,(H,18,19);1H. The molecule has 0 saturated heterocycles. The fourth-order valence-electron chi connectivity index (χ4n) is 2.49. The zero-order chi connectivity index (χ0) is 13.9. The number of hydrogen-bond donors (Lipinski definition) is 2. The molecule has 1 amide bonds. The molecule has 0 radical (unpaired) electrons. The van der Waals surface area contributed by atoms with Crippen molar-refractivity contribution in [2.75, 3.05) is 11.9 Å². The Balaban J connectivity index is 0.00000200. The van der Waals surface area contributed by atoms with Crippen LogP contribution in [0.3, 0.4) is 0 Å². The zero-order valence-corrected chi connectivity index (χ0v) is 13.4. The molecule has 0 fully saturated rings. The highest BCUT2D eigenvalue weighted by Crippen LogP contribution is 2.26. The van der Waals surface area contributed by atoms with Gasteiger partial charge in [0.05, 0.1) is 0 Å². The Kier molecular flexibility index (Phi) is 5.88. The predicted octanol–water partition coefficient (Wildman–Crippen LogP) is 3.78. The van der Waals surface area contributed by atoms with Crippen LogP contribution >= 0.6 is 12.4 Å². The average molecular weight is 297 g/mol. The molecule has 1 aromatic carbocycles. The molecule has 2 rings (SSSR count). The lowest BCUT2D eigenvalue weighted by molar-refractivity contribution is 0.0900. The van der Waals surface area contributed by atoms with Crippen molar-refractivity contribution < 1.29 is 4.79 Å². The second-order valence-electron chi connectivity index (χ2n) is 5.58. The number of rotatable bonds is 4. The molecule has 4 heteroatoms. The number of nitrogens with one attached hydrogen (secondary N) is 2. The van der Waals surface area contributed by atoms with Crippen molar-refractivity contribution in [2.24, 2.45) is 0 Å². The van der Waals surface area contributed by atoms with Crippen LogP contribution in [-0.4, -0.2) is 18.0 Å². The van der Waals surface area contributed by atoms with Gasteiger partial charge in [0, 0.05) is 23.3 Å². The summed E-state index contributed by atoms with van der Waals surface area (Å²) in [5.74, 6) is 0.0618. The minimum Gasteiger partial charge on any atom is -0.385 e. The van der Waals surface area contributed by atoms with Crippen molar-refractivity contribution in [3.63, 3.8) is 0 Å². The third-order valence-corrected chi connectivity index (χ3v) is 4.32. The smallest absolute Gasteiger partial charge is 0.252 e. The number of anilines is 1. The Morgan fingerprint density at radius 1 is 1.35 bits per heavy atom. The fourth-order valence-corrected chi connectivity index (χ4v) is 2.49. The minimum absolute atomic E-state index is 0. The first kappa shape index (κ1) is 16.8. The average Bonchev–Trinajstić information content (AvgIpc) is 2.46. The zero-order valence-electron chi connectivity index (χ0n) is 12.6. The van der Waals surface area contributed by atoms with E-state index in [9.17, 15) is 4.79 Å². The summed E-state index contributed by atoms with van der Waals surface area (Å²) in [5, 5.41) is 6.56. The van der Waals surface area contributed by atoms with Crippen LogP contribution in [0.5, 0.6) is 0 Å². The van der Waals surface area contributed by atoms with Crippen LogP contribution in [0, 0.1) is 0 Å². The van der Waals surface area contributed by atoms with E-state index in [1.54, 1.807) is 0 Å². The molecule has 3 nitrogen and oxygen atoms in total. The summed E-state index contributed by atoms with van der Waals surface area (Å²) in [6, 6.07) is 5.96. The molecule has 0 saturated carbocycles. The molecule has 2 N–H and O–H groups in total. The molecule has 0 aliphatic carbocycles. The molecule has 0 aromatic heterocycles. The number of amides is 1. The van der Waals surface area contributed by atoms with E-state index in [-0.39, 0.29) is 23.9 Å². The van der Waals surface area contributed by atoms with Crippen molar-refractivity contribution in [1.29, 1.82) is 0 Å². The van der Waals surface area contributed by atoms with E-state index >= 15 is 0 Å². The highest BCUT2D eigenvalue weighted by molar-refractivity contribution is 5.97. The maximum atomic E-state index is 12.5. The molecule has 0 unspecified atom stereocenters. The van der Waals surface area contributed by atoms with Crippen LogP contribution in [0.1, 0.15) is 56.0 Å². The largest absolute Gasteiger partial charge is 0.385 e. The summed E-state index contributed by atoms with van der Waals surface area (Å²) in [6.45, 7) is 7.34. The molecule has 1 aromatic rings. The lowest BCUT2D eigenvalue weighted by atomic mass is 9.93. The molecular weight excluding hydrogens is 272 g/mol. The van der Waals surface area contributed by atoms with Gasteiger partial charge in [-0.3, -0.25) is 4.79 Å². The predicted molar refractivity (Wildman–Crippen MR) is 87.0 cm³/mol. The third kappa shape index (κ3) is 3.45. The third-order valence-electron chi connectivity index (χ3n) is 4.32. The lowest BCUT2D eigenvalue weighted by Gasteiger charge is -2.29. The Morgan fingerprint density at radius 2 is 2.05 bits per heavy atom. The van der Waals surface area contributed by atoms with Crippen LogP contribution in [-0.2, 0) is 6.42 Å². The molecule has 0 spiro atoms. The first-order valence-electron chi connectivity index (χ1n) is 7.28. The van der Waals surface area contributed by atoms with Gasteiger partial charge in [-0.05, 0) is 50.3 Å². The normalized spacial score (nSPS) is 13.8. The molecule has 20 heavy (non-hydrogen) atoms. The molecule has 1 heterocycles. The van der Waals surface area contributed by atoms with Gasteiger partial charge < -0.3 is 10.6 Å². The number of fused-ring (bicyclic) bond motifs is 1. The van der Waals surface area contributed by atoms with Crippen molar-refractivity contribution in [3.05, 3.63) is 29.3 Å². The van der Waals surface area contributed by atoms with Crippen molar-refractivity contribution in [3.8, 4) is 0 Å². The second kappa shape index (κ2) is 6.98. The van der Waals surface area contributed by atoms with Crippen molar-refractivity contribution in [1.82, 2.24) is 5.32 Å². The van der Waals surface area contributed by atoms with E-state index in [0.717, 1.165) is 43.5 Å². The summed E-state index contributed by atoms with van der Waals surface area (Å²) < 4.78 is 0. The second-order valence-corrected chi connectivity index (χ2v) is 5.58. The van der Waals surface area contributed by atoms with Gasteiger partial charge in [0.2, 0.25) is 0 Å². The summed E-state index contributed by atoms with van der Waals surface area (Å²) in [4.78, 5) is 12.5. The topological polar surface area (TPSA) is 41.1 Å².